The fraction of sp³-hybridized carbons (Fsp3) is 0.464. The smallest absolute Gasteiger partial charge is 0.399 e. The molecule has 0 radical (unpaired) electrons. The summed E-state index contributed by atoms with van der Waals surface area (Å²) in [6.07, 6.45) is 4.26. The number of amides is 1. The lowest BCUT2D eigenvalue weighted by Crippen LogP contribution is -2.41. The molecule has 3 aliphatic rings. The number of carbonyl (C=O) groups excluding carboxylic acids is 1. The third-order valence-electron chi connectivity index (χ3n) is 8.63. The van der Waals surface area contributed by atoms with Gasteiger partial charge in [0.15, 0.2) is 5.82 Å². The molecule has 1 N–H and O–H groups in total. The quantitative estimate of drug-likeness (QED) is 0.523. The van der Waals surface area contributed by atoms with Crippen molar-refractivity contribution in [3.8, 4) is 11.4 Å². The first-order valence-electron chi connectivity index (χ1n) is 13.1. The Morgan fingerprint density at radius 2 is 1.59 bits per heavy atom. The summed E-state index contributed by atoms with van der Waals surface area (Å²) in [6, 6.07) is 16.0. The lowest BCUT2D eigenvalue weighted by Gasteiger charge is -2.37. The van der Waals surface area contributed by atoms with Gasteiger partial charge in [0.1, 0.15) is 0 Å². The summed E-state index contributed by atoms with van der Waals surface area (Å²) in [5.74, 6) is 1.51. The van der Waals surface area contributed by atoms with E-state index in [1.807, 2.05) is 60.5 Å². The zero-order chi connectivity index (χ0) is 26.0. The van der Waals surface area contributed by atoms with E-state index < -0.39 is 7.12 Å². The van der Waals surface area contributed by atoms with Gasteiger partial charge in [-0.25, -0.2) is 4.68 Å². The van der Waals surface area contributed by atoms with E-state index in [-0.39, 0.29) is 22.5 Å². The van der Waals surface area contributed by atoms with Crippen molar-refractivity contribution in [3.63, 3.8) is 0 Å². The van der Waals surface area contributed by atoms with Crippen LogP contribution in [0.4, 0.5) is 17.3 Å². The molecule has 9 heteroatoms. The minimum atomic E-state index is -0.390. The van der Waals surface area contributed by atoms with Gasteiger partial charge in [0.2, 0.25) is 11.9 Å². The van der Waals surface area contributed by atoms with Crippen LogP contribution in [0.15, 0.2) is 48.5 Å². The van der Waals surface area contributed by atoms with Gasteiger partial charge >= 0.3 is 7.12 Å². The monoisotopic (exact) mass is 499 g/mol. The van der Waals surface area contributed by atoms with Crippen molar-refractivity contribution in [3.05, 3.63) is 48.5 Å². The molecule has 1 aromatic heterocycles. The van der Waals surface area contributed by atoms with Crippen LogP contribution in [0.3, 0.4) is 0 Å². The number of aryl methyl sites for hydroxylation is 1. The van der Waals surface area contributed by atoms with Gasteiger partial charge in [0.25, 0.3) is 0 Å². The predicted octanol–water partition coefficient (Wildman–Crippen LogP) is 4.43. The van der Waals surface area contributed by atoms with E-state index in [0.717, 1.165) is 28.9 Å². The Bertz CT molecular complexity index is 1310. The molecule has 192 valence electrons. The Morgan fingerprint density at radius 3 is 2.16 bits per heavy atom. The van der Waals surface area contributed by atoms with Crippen molar-refractivity contribution in [1.82, 2.24) is 14.8 Å². The molecule has 1 aliphatic carbocycles. The van der Waals surface area contributed by atoms with Crippen LogP contribution in [0.2, 0.25) is 0 Å². The first-order valence-corrected chi connectivity index (χ1v) is 13.1. The minimum absolute atomic E-state index is 0.224. The fourth-order valence-electron chi connectivity index (χ4n) is 5.38. The van der Waals surface area contributed by atoms with Gasteiger partial charge in [-0.3, -0.25) is 4.79 Å². The van der Waals surface area contributed by atoms with E-state index in [1.54, 1.807) is 4.68 Å². The SMILES string of the molecule is Cn1nc(-c2ccc(N3CC4(CCC4)CC3=O)cc2)nc1Nc1ccc(B2OC(C)(C)C(C)(C)O2)cc1. The van der Waals surface area contributed by atoms with E-state index in [0.29, 0.717) is 18.2 Å². The Balaban J connectivity index is 1.13. The van der Waals surface area contributed by atoms with Gasteiger partial charge in [-0.1, -0.05) is 18.6 Å². The molecule has 0 bridgehead atoms. The molecule has 2 aliphatic heterocycles. The second-order valence-electron chi connectivity index (χ2n) is 11.8. The zero-order valence-corrected chi connectivity index (χ0v) is 22.2. The van der Waals surface area contributed by atoms with Gasteiger partial charge in [0, 0.05) is 37.0 Å². The molecule has 2 aromatic carbocycles. The molecule has 2 saturated heterocycles. The van der Waals surface area contributed by atoms with Gasteiger partial charge in [-0.05, 0) is 87.8 Å². The molecule has 37 heavy (non-hydrogen) atoms. The van der Waals surface area contributed by atoms with Crippen LogP contribution < -0.4 is 15.7 Å². The molecule has 3 fully saturated rings. The van der Waals surface area contributed by atoms with Crippen LogP contribution in [0, 0.1) is 5.41 Å². The number of aromatic nitrogens is 3. The summed E-state index contributed by atoms with van der Waals surface area (Å²) < 4.78 is 14.0. The third-order valence-corrected chi connectivity index (χ3v) is 8.63. The van der Waals surface area contributed by atoms with E-state index in [4.69, 9.17) is 14.3 Å². The van der Waals surface area contributed by atoms with E-state index >= 15 is 0 Å². The topological polar surface area (TPSA) is 81.5 Å². The lowest BCUT2D eigenvalue weighted by molar-refractivity contribution is -0.118. The third kappa shape index (κ3) is 4.24. The second-order valence-corrected chi connectivity index (χ2v) is 11.8. The highest BCUT2D eigenvalue weighted by atomic mass is 16.7. The Kier molecular flexibility index (Phi) is 5.51. The number of carbonyl (C=O) groups is 1. The lowest BCUT2D eigenvalue weighted by atomic mass is 9.68. The van der Waals surface area contributed by atoms with Crippen LogP contribution >= 0.6 is 0 Å². The maximum absolute atomic E-state index is 12.6. The minimum Gasteiger partial charge on any atom is -0.399 e. The Labute approximate surface area is 218 Å². The fourth-order valence-corrected chi connectivity index (χ4v) is 5.38. The molecule has 1 amide bonds. The van der Waals surface area contributed by atoms with Crippen LogP contribution in [-0.4, -0.2) is 45.5 Å². The second kappa shape index (κ2) is 8.43. The first kappa shape index (κ1) is 24.2. The number of nitrogens with zero attached hydrogens (tertiary/aromatic N) is 4. The van der Waals surface area contributed by atoms with Gasteiger partial charge < -0.3 is 19.5 Å². The summed E-state index contributed by atoms with van der Waals surface area (Å²) in [7, 11) is 1.48. The summed E-state index contributed by atoms with van der Waals surface area (Å²) in [5.41, 5.74) is 3.22. The van der Waals surface area contributed by atoms with Crippen molar-refractivity contribution in [2.75, 3.05) is 16.8 Å². The average Bonchev–Trinajstić information content (AvgIpc) is 3.45. The molecule has 3 aromatic rings. The molecule has 3 heterocycles. The normalized spacial score (nSPS) is 21.5. The zero-order valence-electron chi connectivity index (χ0n) is 22.2. The molecule has 8 nitrogen and oxygen atoms in total. The molecule has 6 rings (SSSR count). The van der Waals surface area contributed by atoms with Crippen LogP contribution in [0.25, 0.3) is 11.4 Å². The van der Waals surface area contributed by atoms with Crippen LogP contribution in [-0.2, 0) is 21.2 Å². The maximum Gasteiger partial charge on any atom is 0.494 e. The number of hydrogen-bond acceptors (Lipinski definition) is 6. The average molecular weight is 499 g/mol. The van der Waals surface area contributed by atoms with Gasteiger partial charge in [-0.2, -0.15) is 4.98 Å². The van der Waals surface area contributed by atoms with Crippen molar-refractivity contribution in [2.45, 2.75) is 64.6 Å². The largest absolute Gasteiger partial charge is 0.494 e. The van der Waals surface area contributed by atoms with Crippen molar-refractivity contribution >= 4 is 35.8 Å². The van der Waals surface area contributed by atoms with Crippen molar-refractivity contribution in [2.24, 2.45) is 12.5 Å². The number of hydrogen-bond donors (Lipinski definition) is 1. The standard InChI is InChI=1S/C28H34BN5O3/c1-26(2)27(3,4)37-29(36-26)20-9-11-21(12-10-20)30-25-31-24(32-33(25)5)19-7-13-22(14-8-19)34-18-28(15-6-16-28)17-23(34)35/h7-14H,6,15-18H2,1-5H3,(H,30,31,32). The highest BCUT2D eigenvalue weighted by molar-refractivity contribution is 6.62. The van der Waals surface area contributed by atoms with Crippen molar-refractivity contribution < 1.29 is 14.1 Å². The van der Waals surface area contributed by atoms with Gasteiger partial charge in [0.05, 0.1) is 11.2 Å². The molecule has 0 atom stereocenters. The van der Waals surface area contributed by atoms with E-state index in [1.165, 1.54) is 19.3 Å². The van der Waals surface area contributed by atoms with E-state index in [9.17, 15) is 4.79 Å². The molecular formula is C28H34BN5O3. The van der Waals surface area contributed by atoms with Gasteiger partial charge in [-0.15, -0.1) is 5.10 Å². The van der Waals surface area contributed by atoms with Crippen molar-refractivity contribution in [1.29, 1.82) is 0 Å². The molecular weight excluding hydrogens is 465 g/mol. The van der Waals surface area contributed by atoms with Crippen LogP contribution in [0.1, 0.15) is 53.4 Å². The van der Waals surface area contributed by atoms with Crippen LogP contribution in [0.5, 0.6) is 0 Å². The molecule has 0 unspecified atom stereocenters. The summed E-state index contributed by atoms with van der Waals surface area (Å²) >= 11 is 0. The highest BCUT2D eigenvalue weighted by Gasteiger charge is 2.51. The molecule has 1 spiro atoms. The summed E-state index contributed by atoms with van der Waals surface area (Å²) in [5, 5.41) is 7.95. The number of rotatable bonds is 5. The summed E-state index contributed by atoms with van der Waals surface area (Å²) in [6.45, 7) is 9.06. The first-order chi connectivity index (χ1) is 17.5. The van der Waals surface area contributed by atoms with E-state index in [2.05, 4.69) is 38.1 Å². The number of anilines is 3. The highest BCUT2D eigenvalue weighted by Crippen LogP contribution is 2.49. The number of benzene rings is 2. The molecule has 1 saturated carbocycles. The summed E-state index contributed by atoms with van der Waals surface area (Å²) in [4.78, 5) is 19.2. The maximum atomic E-state index is 12.6. The number of nitrogens with one attached hydrogen (secondary N) is 1. The Hall–Kier alpha value is -3.17. The Morgan fingerprint density at radius 1 is 0.946 bits per heavy atom. The predicted molar refractivity (Wildman–Crippen MR) is 145 cm³/mol.